The molecule has 0 saturated carbocycles. The van der Waals surface area contributed by atoms with Gasteiger partial charge in [0.05, 0.1) is 12.2 Å². The first-order valence-electron chi connectivity index (χ1n) is 9.63. The molecule has 0 spiro atoms. The van der Waals surface area contributed by atoms with Gasteiger partial charge in [-0.05, 0) is 34.9 Å². The van der Waals surface area contributed by atoms with Crippen LogP contribution in [0.15, 0.2) is 24.3 Å². The third-order valence-corrected chi connectivity index (χ3v) is 4.75. The lowest BCUT2D eigenvalue weighted by Gasteiger charge is -2.25. The predicted octanol–water partition coefficient (Wildman–Crippen LogP) is 6.14. The third-order valence-electron chi connectivity index (χ3n) is 4.75. The summed E-state index contributed by atoms with van der Waals surface area (Å²) in [6.07, 6.45) is 9.30. The summed E-state index contributed by atoms with van der Waals surface area (Å²) in [4.78, 5) is 22.0. The molecular weight excluding hydrogens is 316 g/mol. The van der Waals surface area contributed by atoms with Crippen molar-refractivity contribution in [2.45, 2.75) is 84.5 Å². The van der Waals surface area contributed by atoms with Crippen LogP contribution in [0, 0.1) is 0 Å². The highest BCUT2D eigenvalue weighted by Crippen LogP contribution is 2.29. The van der Waals surface area contributed by atoms with Gasteiger partial charge in [-0.2, -0.15) is 4.89 Å². The quantitative estimate of drug-likeness (QED) is 0.243. The van der Waals surface area contributed by atoms with Crippen LogP contribution in [0.25, 0.3) is 0 Å². The number of carbonyl (C=O) groups is 1. The molecule has 4 nitrogen and oxygen atoms in total. The van der Waals surface area contributed by atoms with Crippen molar-refractivity contribution in [2.24, 2.45) is 0 Å². The maximum absolute atomic E-state index is 12.2. The first kappa shape index (κ1) is 21.7. The molecule has 1 aromatic carbocycles. The van der Waals surface area contributed by atoms with Crippen molar-refractivity contribution < 1.29 is 19.6 Å². The second kappa shape index (κ2) is 12.0. The van der Waals surface area contributed by atoms with Crippen LogP contribution in [-0.4, -0.2) is 12.6 Å². The molecule has 0 aliphatic carbocycles. The van der Waals surface area contributed by atoms with E-state index in [-0.39, 0.29) is 5.41 Å². The van der Waals surface area contributed by atoms with Crippen molar-refractivity contribution in [3.8, 4) is 0 Å². The lowest BCUT2D eigenvalue weighted by molar-refractivity contribution is -0.481. The SMILES string of the molecule is CCCCCCCCCOOOC(=O)c1ccccc1C(C)(C)CC. The van der Waals surface area contributed by atoms with E-state index in [1.165, 1.54) is 32.1 Å². The summed E-state index contributed by atoms with van der Waals surface area (Å²) < 4.78 is 0. The standard InChI is InChI=1S/C21H34O4/c1-5-7-8-9-10-11-14-17-23-25-24-20(22)18-15-12-13-16-19(18)21(3,4)6-2/h12-13,15-16H,5-11,14,17H2,1-4H3. The molecule has 0 amide bonds. The van der Waals surface area contributed by atoms with E-state index < -0.39 is 5.97 Å². The van der Waals surface area contributed by atoms with Crippen molar-refractivity contribution >= 4 is 5.97 Å². The van der Waals surface area contributed by atoms with Gasteiger partial charge in [0.1, 0.15) is 0 Å². The van der Waals surface area contributed by atoms with Crippen LogP contribution >= 0.6 is 0 Å². The predicted molar refractivity (Wildman–Crippen MR) is 100 cm³/mol. The smallest absolute Gasteiger partial charge is 0.263 e. The zero-order valence-electron chi connectivity index (χ0n) is 16.3. The minimum Gasteiger partial charge on any atom is -0.263 e. The summed E-state index contributed by atoms with van der Waals surface area (Å²) in [5.74, 6) is -0.517. The molecule has 0 heterocycles. The molecule has 0 unspecified atom stereocenters. The zero-order valence-corrected chi connectivity index (χ0v) is 16.3. The normalized spacial score (nSPS) is 11.5. The average molecular weight is 350 g/mol. The van der Waals surface area contributed by atoms with E-state index in [9.17, 15) is 4.79 Å². The van der Waals surface area contributed by atoms with E-state index in [4.69, 9.17) is 9.78 Å². The summed E-state index contributed by atoms with van der Waals surface area (Å²) >= 11 is 0. The Morgan fingerprint density at radius 3 is 2.28 bits per heavy atom. The van der Waals surface area contributed by atoms with Crippen molar-refractivity contribution in [2.75, 3.05) is 6.61 Å². The fraction of sp³-hybridized carbons (Fsp3) is 0.667. The third kappa shape index (κ3) is 8.02. The molecule has 0 saturated heterocycles. The van der Waals surface area contributed by atoms with Crippen molar-refractivity contribution in [3.63, 3.8) is 0 Å². The highest BCUT2D eigenvalue weighted by atomic mass is 17.5. The number of rotatable bonds is 13. The molecule has 142 valence electrons. The lowest BCUT2D eigenvalue weighted by Crippen LogP contribution is -2.21. The molecular formula is C21H34O4. The summed E-state index contributed by atoms with van der Waals surface area (Å²) in [7, 11) is 0. The van der Waals surface area contributed by atoms with Crippen LogP contribution in [0.5, 0.6) is 0 Å². The number of hydrogen-bond donors (Lipinski definition) is 0. The summed E-state index contributed by atoms with van der Waals surface area (Å²) in [5.41, 5.74) is 1.38. The lowest BCUT2D eigenvalue weighted by atomic mass is 9.80. The van der Waals surface area contributed by atoms with Crippen LogP contribution in [0.4, 0.5) is 0 Å². The summed E-state index contributed by atoms with van der Waals surface area (Å²) in [6, 6.07) is 7.47. The van der Waals surface area contributed by atoms with Gasteiger partial charge >= 0.3 is 5.97 Å². The van der Waals surface area contributed by atoms with Gasteiger partial charge in [0.25, 0.3) is 0 Å². The monoisotopic (exact) mass is 350 g/mol. The Kier molecular flexibility index (Phi) is 10.4. The first-order valence-corrected chi connectivity index (χ1v) is 9.63. The fourth-order valence-corrected chi connectivity index (χ4v) is 2.69. The van der Waals surface area contributed by atoms with Gasteiger partial charge in [-0.1, -0.05) is 84.4 Å². The van der Waals surface area contributed by atoms with Crippen LogP contribution in [0.1, 0.15) is 95.0 Å². The second-order valence-electron chi connectivity index (χ2n) is 7.17. The van der Waals surface area contributed by atoms with Crippen LogP contribution < -0.4 is 0 Å². The minimum absolute atomic E-state index is 0.103. The number of benzene rings is 1. The highest BCUT2D eigenvalue weighted by molar-refractivity contribution is 5.91. The van der Waals surface area contributed by atoms with Crippen LogP contribution in [0.2, 0.25) is 0 Å². The first-order chi connectivity index (χ1) is 12.0. The van der Waals surface area contributed by atoms with Crippen LogP contribution in [-0.2, 0) is 20.2 Å². The molecule has 0 radical (unpaired) electrons. The molecule has 0 aliphatic heterocycles. The van der Waals surface area contributed by atoms with E-state index in [1.807, 2.05) is 18.2 Å². The highest BCUT2D eigenvalue weighted by Gasteiger charge is 2.25. The molecule has 1 rings (SSSR count). The van der Waals surface area contributed by atoms with E-state index in [0.717, 1.165) is 24.8 Å². The molecule has 1 aromatic rings. The topological polar surface area (TPSA) is 44.8 Å². The van der Waals surface area contributed by atoms with Gasteiger partial charge in [0.15, 0.2) is 0 Å². The van der Waals surface area contributed by atoms with Crippen LogP contribution in [0.3, 0.4) is 0 Å². The van der Waals surface area contributed by atoms with E-state index in [0.29, 0.717) is 12.2 Å². The summed E-state index contributed by atoms with van der Waals surface area (Å²) in [5, 5.41) is 4.65. The van der Waals surface area contributed by atoms with Crippen molar-refractivity contribution in [1.82, 2.24) is 0 Å². The number of carbonyl (C=O) groups excluding carboxylic acids is 1. The van der Waals surface area contributed by atoms with Gasteiger partial charge < -0.3 is 0 Å². The zero-order chi connectivity index (χ0) is 18.5. The molecule has 0 aliphatic rings. The van der Waals surface area contributed by atoms with Crippen molar-refractivity contribution in [1.29, 1.82) is 0 Å². The summed E-state index contributed by atoms with van der Waals surface area (Å²) in [6.45, 7) is 8.97. The van der Waals surface area contributed by atoms with Gasteiger partial charge in [-0.25, -0.2) is 4.79 Å². The average Bonchev–Trinajstić information content (AvgIpc) is 2.63. The Balaban J connectivity index is 2.28. The van der Waals surface area contributed by atoms with E-state index in [2.05, 4.69) is 32.7 Å². The number of hydrogen-bond acceptors (Lipinski definition) is 4. The van der Waals surface area contributed by atoms with Gasteiger partial charge in [0, 0.05) is 0 Å². The molecule has 0 N–H and O–H groups in total. The van der Waals surface area contributed by atoms with E-state index in [1.54, 1.807) is 6.07 Å². The van der Waals surface area contributed by atoms with Gasteiger partial charge in [0.2, 0.25) is 0 Å². The molecule has 0 aromatic heterocycles. The Hall–Kier alpha value is -1.39. The molecule has 0 fully saturated rings. The fourth-order valence-electron chi connectivity index (χ4n) is 2.69. The van der Waals surface area contributed by atoms with Gasteiger partial charge in [-0.3, -0.25) is 4.89 Å². The largest absolute Gasteiger partial charge is 0.376 e. The second-order valence-corrected chi connectivity index (χ2v) is 7.17. The van der Waals surface area contributed by atoms with Crippen molar-refractivity contribution in [3.05, 3.63) is 35.4 Å². The molecule has 25 heavy (non-hydrogen) atoms. The number of unbranched alkanes of at least 4 members (excludes halogenated alkanes) is 6. The van der Waals surface area contributed by atoms with E-state index >= 15 is 0 Å². The van der Waals surface area contributed by atoms with Gasteiger partial charge in [-0.15, -0.1) is 0 Å². The Bertz CT molecular complexity index is 496. The minimum atomic E-state index is -0.517. The molecule has 4 heteroatoms. The maximum atomic E-state index is 12.2. The molecule has 0 atom stereocenters. The Morgan fingerprint density at radius 2 is 1.60 bits per heavy atom. The molecule has 0 bridgehead atoms. The Labute approximate surface area is 152 Å². The Morgan fingerprint density at radius 1 is 0.960 bits per heavy atom. The maximum Gasteiger partial charge on any atom is 0.376 e.